The minimum Gasteiger partial charge on any atom is -0.324 e. The Labute approximate surface area is 131 Å². The first-order valence-electron chi connectivity index (χ1n) is 7.57. The Morgan fingerprint density at radius 2 is 2.00 bits per heavy atom. The van der Waals surface area contributed by atoms with Gasteiger partial charge < -0.3 is 5.73 Å². The van der Waals surface area contributed by atoms with Crippen LogP contribution in [-0.4, -0.2) is 42.3 Å². The van der Waals surface area contributed by atoms with E-state index in [9.17, 15) is 13.2 Å². The van der Waals surface area contributed by atoms with Crippen molar-refractivity contribution in [1.82, 2.24) is 9.29 Å². The lowest BCUT2D eigenvalue weighted by atomic mass is 9.95. The third kappa shape index (κ3) is 4.34. The number of aromatic nitrogens is 1. The van der Waals surface area contributed by atoms with Crippen LogP contribution in [-0.2, 0) is 16.6 Å². The maximum atomic E-state index is 12.1. The molecule has 1 aliphatic rings. The molecule has 0 spiro atoms. The van der Waals surface area contributed by atoms with Gasteiger partial charge in [0, 0.05) is 17.8 Å². The second-order valence-electron chi connectivity index (χ2n) is 5.77. The van der Waals surface area contributed by atoms with Crippen LogP contribution in [0.2, 0.25) is 0 Å². The third-order valence-corrected chi connectivity index (χ3v) is 5.34. The lowest BCUT2D eigenvalue weighted by Crippen LogP contribution is -2.40. The number of rotatable bonds is 6. The summed E-state index contributed by atoms with van der Waals surface area (Å²) in [5.74, 6) is -0.175. The van der Waals surface area contributed by atoms with E-state index in [0.29, 0.717) is 11.3 Å². The van der Waals surface area contributed by atoms with Gasteiger partial charge in [-0.25, -0.2) is 8.42 Å². The lowest BCUT2D eigenvalue weighted by molar-refractivity contribution is 0.100. The summed E-state index contributed by atoms with van der Waals surface area (Å²) < 4.78 is 25.7. The highest BCUT2D eigenvalue weighted by Crippen LogP contribution is 2.25. The number of hydrogen-bond donors (Lipinski definition) is 1. The molecular weight excluding hydrogens is 302 g/mol. The normalized spacial score (nSPS) is 16.9. The second kappa shape index (κ2) is 7.30. The molecule has 22 heavy (non-hydrogen) atoms. The fourth-order valence-electron chi connectivity index (χ4n) is 2.85. The molecule has 0 unspecified atom stereocenters. The molecule has 0 bridgehead atoms. The highest BCUT2D eigenvalue weighted by Gasteiger charge is 2.28. The van der Waals surface area contributed by atoms with Crippen molar-refractivity contribution in [1.29, 1.82) is 0 Å². The van der Waals surface area contributed by atoms with Crippen molar-refractivity contribution in [2.45, 2.75) is 44.7 Å². The highest BCUT2D eigenvalue weighted by molar-refractivity contribution is 7.88. The van der Waals surface area contributed by atoms with Gasteiger partial charge in [0.25, 0.3) is 0 Å². The Bertz CT molecular complexity index is 607. The smallest absolute Gasteiger partial charge is 0.211 e. The molecule has 0 atom stereocenters. The Balaban J connectivity index is 2.15. The fraction of sp³-hybridized carbons (Fsp3) is 0.600. The van der Waals surface area contributed by atoms with Gasteiger partial charge in [-0.05, 0) is 25.0 Å². The Kier molecular flexibility index (Phi) is 5.66. The van der Waals surface area contributed by atoms with Crippen LogP contribution < -0.4 is 5.73 Å². The molecule has 122 valence electrons. The Morgan fingerprint density at radius 1 is 1.32 bits per heavy atom. The zero-order valence-electron chi connectivity index (χ0n) is 12.9. The standard InChI is InChI=1S/C15H23N3O3S/c1-22(20,21)18(14-5-3-2-4-6-14)11-13-8-7-12(10-17-13)15(19)9-16/h7-8,10,14H,2-6,9,11,16H2,1H3. The molecule has 7 heteroatoms. The minimum atomic E-state index is -3.29. The van der Waals surface area contributed by atoms with E-state index in [-0.39, 0.29) is 24.9 Å². The SMILES string of the molecule is CS(=O)(=O)N(Cc1ccc(C(=O)CN)cn1)C1CCCCC1. The van der Waals surface area contributed by atoms with E-state index in [1.165, 1.54) is 18.9 Å². The summed E-state index contributed by atoms with van der Waals surface area (Å²) in [6, 6.07) is 3.40. The maximum Gasteiger partial charge on any atom is 0.211 e. The van der Waals surface area contributed by atoms with E-state index in [2.05, 4.69) is 4.98 Å². The molecule has 0 aliphatic heterocycles. The largest absolute Gasteiger partial charge is 0.324 e. The highest BCUT2D eigenvalue weighted by atomic mass is 32.2. The number of pyridine rings is 1. The fourth-order valence-corrected chi connectivity index (χ4v) is 3.97. The number of nitrogens with two attached hydrogens (primary N) is 1. The van der Waals surface area contributed by atoms with E-state index in [1.807, 2.05) is 0 Å². The predicted molar refractivity (Wildman–Crippen MR) is 84.9 cm³/mol. The summed E-state index contributed by atoms with van der Waals surface area (Å²) in [6.07, 6.45) is 7.80. The van der Waals surface area contributed by atoms with E-state index < -0.39 is 10.0 Å². The monoisotopic (exact) mass is 325 g/mol. The van der Waals surface area contributed by atoms with Crippen molar-refractivity contribution in [2.75, 3.05) is 12.8 Å². The number of carbonyl (C=O) groups excluding carboxylic acids is 1. The number of carbonyl (C=O) groups is 1. The van der Waals surface area contributed by atoms with Gasteiger partial charge in [-0.2, -0.15) is 4.31 Å². The van der Waals surface area contributed by atoms with Crippen molar-refractivity contribution < 1.29 is 13.2 Å². The Morgan fingerprint density at radius 3 is 2.50 bits per heavy atom. The van der Waals surface area contributed by atoms with E-state index in [4.69, 9.17) is 5.73 Å². The molecule has 1 fully saturated rings. The molecule has 6 nitrogen and oxygen atoms in total. The molecule has 0 radical (unpaired) electrons. The van der Waals surface area contributed by atoms with Crippen LogP contribution in [0.5, 0.6) is 0 Å². The third-order valence-electron chi connectivity index (χ3n) is 4.06. The first-order chi connectivity index (χ1) is 10.4. The molecule has 0 amide bonds. The van der Waals surface area contributed by atoms with Gasteiger partial charge in [0.1, 0.15) is 0 Å². The molecule has 0 saturated heterocycles. The zero-order chi connectivity index (χ0) is 16.2. The minimum absolute atomic E-state index is 0.0518. The summed E-state index contributed by atoms with van der Waals surface area (Å²) in [6.45, 7) is 0.194. The first-order valence-corrected chi connectivity index (χ1v) is 9.41. The molecule has 1 aromatic heterocycles. The lowest BCUT2D eigenvalue weighted by Gasteiger charge is -2.32. The van der Waals surface area contributed by atoms with Crippen LogP contribution in [0.3, 0.4) is 0 Å². The summed E-state index contributed by atoms with van der Waals surface area (Å²) in [5, 5.41) is 0. The van der Waals surface area contributed by atoms with Gasteiger partial charge >= 0.3 is 0 Å². The topological polar surface area (TPSA) is 93.4 Å². The average molecular weight is 325 g/mol. The summed E-state index contributed by atoms with van der Waals surface area (Å²) in [5.41, 5.74) is 6.41. The van der Waals surface area contributed by atoms with Crippen molar-refractivity contribution >= 4 is 15.8 Å². The molecule has 2 rings (SSSR count). The van der Waals surface area contributed by atoms with Crippen LogP contribution in [0.1, 0.15) is 48.2 Å². The predicted octanol–water partition coefficient (Wildman–Crippen LogP) is 1.32. The molecular formula is C15H23N3O3S. The number of hydrogen-bond acceptors (Lipinski definition) is 5. The molecule has 0 aromatic carbocycles. The second-order valence-corrected chi connectivity index (χ2v) is 7.70. The summed E-state index contributed by atoms with van der Waals surface area (Å²) >= 11 is 0. The van der Waals surface area contributed by atoms with Gasteiger partial charge in [-0.1, -0.05) is 19.3 Å². The Hall–Kier alpha value is -1.31. The van der Waals surface area contributed by atoms with Crippen LogP contribution in [0.4, 0.5) is 0 Å². The van der Waals surface area contributed by atoms with E-state index >= 15 is 0 Å². The molecule has 1 aromatic rings. The maximum absolute atomic E-state index is 12.1. The van der Waals surface area contributed by atoms with Gasteiger partial charge in [-0.3, -0.25) is 9.78 Å². The zero-order valence-corrected chi connectivity index (χ0v) is 13.7. The molecule has 1 aliphatic carbocycles. The van der Waals surface area contributed by atoms with Crippen molar-refractivity contribution in [3.8, 4) is 0 Å². The molecule has 1 heterocycles. The summed E-state index contributed by atoms with van der Waals surface area (Å²) in [4.78, 5) is 15.7. The van der Waals surface area contributed by atoms with Crippen molar-refractivity contribution in [2.24, 2.45) is 5.73 Å². The van der Waals surface area contributed by atoms with Crippen molar-refractivity contribution in [3.05, 3.63) is 29.6 Å². The molecule has 1 saturated carbocycles. The van der Waals surface area contributed by atoms with Crippen LogP contribution in [0.15, 0.2) is 18.3 Å². The van der Waals surface area contributed by atoms with E-state index in [1.54, 1.807) is 16.4 Å². The number of nitrogens with zero attached hydrogens (tertiary/aromatic N) is 2. The number of ketones is 1. The average Bonchev–Trinajstić information content (AvgIpc) is 2.52. The van der Waals surface area contributed by atoms with Crippen LogP contribution >= 0.6 is 0 Å². The molecule has 2 N–H and O–H groups in total. The van der Waals surface area contributed by atoms with E-state index in [0.717, 1.165) is 25.7 Å². The van der Waals surface area contributed by atoms with Gasteiger partial charge in [0.05, 0.1) is 25.0 Å². The van der Waals surface area contributed by atoms with Gasteiger partial charge in [-0.15, -0.1) is 0 Å². The summed E-state index contributed by atoms with van der Waals surface area (Å²) in [7, 11) is -3.29. The first kappa shape index (κ1) is 17.1. The van der Waals surface area contributed by atoms with Crippen LogP contribution in [0, 0.1) is 0 Å². The quantitative estimate of drug-likeness (QED) is 0.796. The number of Topliss-reactive ketones (excluding diaryl/α,β-unsaturated/α-hetero) is 1. The van der Waals surface area contributed by atoms with Gasteiger partial charge in [0.2, 0.25) is 10.0 Å². The number of sulfonamides is 1. The van der Waals surface area contributed by atoms with Gasteiger partial charge in [0.15, 0.2) is 5.78 Å². The van der Waals surface area contributed by atoms with Crippen molar-refractivity contribution in [3.63, 3.8) is 0 Å². The van der Waals surface area contributed by atoms with Crippen LogP contribution in [0.25, 0.3) is 0 Å².